The van der Waals surface area contributed by atoms with Crippen molar-refractivity contribution in [1.29, 1.82) is 0 Å². The van der Waals surface area contributed by atoms with Crippen LogP contribution in [0.3, 0.4) is 0 Å². The van der Waals surface area contributed by atoms with Crippen molar-refractivity contribution < 1.29 is 14.0 Å². The molecule has 2 amide bonds. The molecule has 1 aliphatic carbocycles. The molecule has 5 nitrogen and oxygen atoms in total. The van der Waals surface area contributed by atoms with Gasteiger partial charge in [-0.2, -0.15) is 0 Å². The number of hydrogen-bond donors (Lipinski definition) is 2. The van der Waals surface area contributed by atoms with Crippen molar-refractivity contribution in [3.63, 3.8) is 0 Å². The van der Waals surface area contributed by atoms with Crippen LogP contribution in [-0.4, -0.2) is 11.8 Å². The zero-order valence-corrected chi connectivity index (χ0v) is 16.3. The summed E-state index contributed by atoms with van der Waals surface area (Å²) in [7, 11) is 0. The predicted octanol–water partition coefficient (Wildman–Crippen LogP) is 4.89. The number of hydrogen-bond acceptors (Lipinski definition) is 3. The first-order valence-electron chi connectivity index (χ1n) is 9.64. The van der Waals surface area contributed by atoms with Gasteiger partial charge >= 0.3 is 0 Å². The van der Waals surface area contributed by atoms with E-state index in [1.54, 1.807) is 0 Å². The molecule has 1 atom stereocenters. The van der Waals surface area contributed by atoms with Crippen LogP contribution in [0.5, 0.6) is 0 Å². The average molecular weight is 376 g/mol. The lowest BCUT2D eigenvalue weighted by Gasteiger charge is -2.17. The Hall–Kier alpha value is -3.08. The molecule has 0 bridgehead atoms. The minimum absolute atomic E-state index is 0.0151. The molecule has 144 valence electrons. The summed E-state index contributed by atoms with van der Waals surface area (Å²) in [6.45, 7) is 5.71. The van der Waals surface area contributed by atoms with Crippen LogP contribution in [0, 0.1) is 19.8 Å². The minimum Gasteiger partial charge on any atom is -0.466 e. The molecule has 3 aromatic rings. The standard InChI is InChI=1S/C23H24N2O3/c1-13-10-19(15(3)28-13)14(2)24-23(27)20-11-17-6-4-5-7-18(17)12-21(20)25-22(26)16-8-9-16/h4-7,10-12,14,16H,8-9H2,1-3H3,(H,24,27)(H,25,26). The second kappa shape index (κ2) is 7.15. The number of benzene rings is 2. The van der Waals surface area contributed by atoms with Crippen molar-refractivity contribution in [2.45, 2.75) is 39.7 Å². The van der Waals surface area contributed by atoms with Crippen molar-refractivity contribution in [1.82, 2.24) is 5.32 Å². The van der Waals surface area contributed by atoms with Gasteiger partial charge in [0.2, 0.25) is 5.91 Å². The largest absolute Gasteiger partial charge is 0.466 e. The molecule has 0 spiro atoms. The van der Waals surface area contributed by atoms with E-state index in [4.69, 9.17) is 4.42 Å². The van der Waals surface area contributed by atoms with Gasteiger partial charge in [0.05, 0.1) is 17.3 Å². The van der Waals surface area contributed by atoms with Crippen LogP contribution < -0.4 is 10.6 Å². The summed E-state index contributed by atoms with van der Waals surface area (Å²) in [5.41, 5.74) is 1.98. The number of carbonyl (C=O) groups is 2. The molecule has 0 saturated heterocycles. The molecule has 0 radical (unpaired) electrons. The SMILES string of the molecule is Cc1cc(C(C)NC(=O)c2cc3ccccc3cc2NC(=O)C2CC2)c(C)o1. The van der Waals surface area contributed by atoms with E-state index in [-0.39, 0.29) is 23.8 Å². The Kier molecular flexibility index (Phi) is 4.67. The van der Waals surface area contributed by atoms with E-state index in [0.29, 0.717) is 11.3 Å². The molecule has 1 fully saturated rings. The van der Waals surface area contributed by atoms with Gasteiger partial charge in [-0.1, -0.05) is 24.3 Å². The molecular formula is C23H24N2O3. The third kappa shape index (κ3) is 3.65. The number of furan rings is 1. The lowest BCUT2D eigenvalue weighted by Crippen LogP contribution is -2.28. The molecule has 0 aliphatic heterocycles. The van der Waals surface area contributed by atoms with Crippen LogP contribution >= 0.6 is 0 Å². The quantitative estimate of drug-likeness (QED) is 0.666. The molecule has 2 N–H and O–H groups in total. The highest BCUT2D eigenvalue weighted by Crippen LogP contribution is 2.32. The third-order valence-electron chi connectivity index (χ3n) is 5.23. The minimum atomic E-state index is -0.220. The smallest absolute Gasteiger partial charge is 0.253 e. The maximum absolute atomic E-state index is 13.1. The van der Waals surface area contributed by atoms with E-state index in [1.807, 2.05) is 63.2 Å². The van der Waals surface area contributed by atoms with Crippen LogP contribution in [0.2, 0.25) is 0 Å². The van der Waals surface area contributed by atoms with Crippen LogP contribution in [0.15, 0.2) is 46.9 Å². The molecule has 1 aliphatic rings. The number of aryl methyl sites for hydroxylation is 2. The van der Waals surface area contributed by atoms with Crippen molar-refractivity contribution in [2.24, 2.45) is 5.92 Å². The Balaban J connectivity index is 1.65. The summed E-state index contributed by atoms with van der Waals surface area (Å²) in [4.78, 5) is 25.4. The Morgan fingerprint density at radius 3 is 2.36 bits per heavy atom. The van der Waals surface area contributed by atoms with Crippen molar-refractivity contribution in [3.05, 3.63) is 65.1 Å². The Morgan fingerprint density at radius 2 is 1.75 bits per heavy atom. The van der Waals surface area contributed by atoms with E-state index in [9.17, 15) is 9.59 Å². The summed E-state index contributed by atoms with van der Waals surface area (Å²) >= 11 is 0. The van der Waals surface area contributed by atoms with E-state index in [0.717, 1.165) is 40.7 Å². The summed E-state index contributed by atoms with van der Waals surface area (Å²) in [6, 6.07) is 13.3. The van der Waals surface area contributed by atoms with E-state index < -0.39 is 0 Å². The third-order valence-corrected chi connectivity index (χ3v) is 5.23. The number of amides is 2. The van der Waals surface area contributed by atoms with Gasteiger partial charge in [0.1, 0.15) is 11.5 Å². The first-order chi connectivity index (χ1) is 13.4. The normalized spacial score (nSPS) is 14.7. The van der Waals surface area contributed by atoms with Crippen LogP contribution in [0.1, 0.15) is 53.2 Å². The number of anilines is 1. The van der Waals surface area contributed by atoms with Gasteiger partial charge < -0.3 is 15.1 Å². The Labute approximate surface area is 164 Å². The molecule has 5 heteroatoms. The van der Waals surface area contributed by atoms with Gasteiger partial charge in [-0.15, -0.1) is 0 Å². The van der Waals surface area contributed by atoms with E-state index >= 15 is 0 Å². The summed E-state index contributed by atoms with van der Waals surface area (Å²) < 4.78 is 5.58. The molecular weight excluding hydrogens is 352 g/mol. The van der Waals surface area contributed by atoms with Crippen molar-refractivity contribution in [3.8, 4) is 0 Å². The van der Waals surface area contributed by atoms with E-state index in [2.05, 4.69) is 10.6 Å². The maximum atomic E-state index is 13.1. The van der Waals surface area contributed by atoms with Gasteiger partial charge in [0, 0.05) is 11.5 Å². The predicted molar refractivity (Wildman–Crippen MR) is 109 cm³/mol. The van der Waals surface area contributed by atoms with Gasteiger partial charge in [0.15, 0.2) is 0 Å². The van der Waals surface area contributed by atoms with Gasteiger partial charge in [-0.3, -0.25) is 9.59 Å². The lowest BCUT2D eigenvalue weighted by atomic mass is 10.0. The fourth-order valence-corrected chi connectivity index (χ4v) is 3.54. The lowest BCUT2D eigenvalue weighted by molar-refractivity contribution is -0.117. The first kappa shape index (κ1) is 18.3. The van der Waals surface area contributed by atoms with Gasteiger partial charge in [0.25, 0.3) is 5.91 Å². The number of rotatable bonds is 5. The van der Waals surface area contributed by atoms with Gasteiger partial charge in [-0.25, -0.2) is 0 Å². The highest BCUT2D eigenvalue weighted by Gasteiger charge is 2.30. The maximum Gasteiger partial charge on any atom is 0.253 e. The highest BCUT2D eigenvalue weighted by atomic mass is 16.3. The van der Waals surface area contributed by atoms with Gasteiger partial charge in [-0.05, 0) is 62.6 Å². The molecule has 4 rings (SSSR count). The number of carbonyl (C=O) groups excluding carboxylic acids is 2. The summed E-state index contributed by atoms with van der Waals surface area (Å²) in [6.07, 6.45) is 1.83. The monoisotopic (exact) mass is 376 g/mol. The first-order valence-corrected chi connectivity index (χ1v) is 9.64. The summed E-state index contributed by atoms with van der Waals surface area (Å²) in [5, 5.41) is 7.94. The molecule has 1 aromatic heterocycles. The van der Waals surface area contributed by atoms with Crippen molar-refractivity contribution >= 4 is 28.3 Å². The fraction of sp³-hybridized carbons (Fsp3) is 0.304. The number of fused-ring (bicyclic) bond motifs is 1. The Bertz CT molecular complexity index is 1060. The topological polar surface area (TPSA) is 71.3 Å². The zero-order chi connectivity index (χ0) is 19.8. The van der Waals surface area contributed by atoms with E-state index in [1.165, 1.54) is 0 Å². The molecule has 1 saturated carbocycles. The highest BCUT2D eigenvalue weighted by molar-refractivity contribution is 6.08. The molecule has 1 unspecified atom stereocenters. The molecule has 2 aromatic carbocycles. The van der Waals surface area contributed by atoms with Crippen LogP contribution in [0.25, 0.3) is 10.8 Å². The van der Waals surface area contributed by atoms with Crippen LogP contribution in [0.4, 0.5) is 5.69 Å². The fourth-order valence-electron chi connectivity index (χ4n) is 3.54. The number of nitrogens with one attached hydrogen (secondary N) is 2. The molecule has 28 heavy (non-hydrogen) atoms. The zero-order valence-electron chi connectivity index (χ0n) is 16.3. The molecule has 1 heterocycles. The summed E-state index contributed by atoms with van der Waals surface area (Å²) in [5.74, 6) is 1.45. The average Bonchev–Trinajstić information content (AvgIpc) is 3.45. The second-order valence-electron chi connectivity index (χ2n) is 7.57. The van der Waals surface area contributed by atoms with Crippen LogP contribution in [-0.2, 0) is 4.79 Å². The second-order valence-corrected chi connectivity index (χ2v) is 7.57. The Morgan fingerprint density at radius 1 is 1.07 bits per heavy atom. The van der Waals surface area contributed by atoms with Crippen molar-refractivity contribution in [2.75, 3.05) is 5.32 Å².